The lowest BCUT2D eigenvalue weighted by molar-refractivity contribution is -0.137. The minimum absolute atomic E-state index is 0.283. The Morgan fingerprint density at radius 2 is 2.18 bits per heavy atom. The second-order valence-electron chi connectivity index (χ2n) is 3.05. The van der Waals surface area contributed by atoms with E-state index < -0.39 is 28.6 Å². The average molecular weight is 264 g/mol. The fourth-order valence-corrected chi connectivity index (χ4v) is 1.35. The number of alkyl halides is 3. The molecule has 0 aliphatic carbocycles. The molecule has 1 heterocycles. The van der Waals surface area contributed by atoms with Crippen molar-refractivity contribution in [3.63, 3.8) is 0 Å². The molecule has 0 spiro atoms. The lowest BCUT2D eigenvalue weighted by atomic mass is 10.1. The molecule has 1 rings (SSSR count). The molecule has 1 amide bonds. The van der Waals surface area contributed by atoms with Crippen LogP contribution in [-0.2, 0) is 11.0 Å². The molecule has 0 aromatic carbocycles. The molecule has 1 aromatic heterocycles. The van der Waals surface area contributed by atoms with Gasteiger partial charge in [0.05, 0.1) is 22.3 Å². The third kappa shape index (κ3) is 2.85. The van der Waals surface area contributed by atoms with Gasteiger partial charge in [-0.25, -0.2) is 0 Å². The van der Waals surface area contributed by atoms with Crippen molar-refractivity contribution in [2.75, 3.05) is 0 Å². The standard InChI is InChI=1S/C9H5ClF3N3O/c10-6-1-4(9(11,12)13)3-16-7(6)5(2-14)8(15)17/h1,3,5H,(H2,15,17). The van der Waals surface area contributed by atoms with E-state index in [1.165, 1.54) is 6.07 Å². The molecular formula is C9H5ClF3N3O. The van der Waals surface area contributed by atoms with Crippen molar-refractivity contribution < 1.29 is 18.0 Å². The van der Waals surface area contributed by atoms with Crippen LogP contribution in [0.3, 0.4) is 0 Å². The highest BCUT2D eigenvalue weighted by Gasteiger charge is 2.32. The summed E-state index contributed by atoms with van der Waals surface area (Å²) >= 11 is 5.53. The highest BCUT2D eigenvalue weighted by molar-refractivity contribution is 6.31. The minimum atomic E-state index is -4.59. The van der Waals surface area contributed by atoms with Crippen LogP contribution in [0.1, 0.15) is 17.2 Å². The highest BCUT2D eigenvalue weighted by atomic mass is 35.5. The largest absolute Gasteiger partial charge is 0.417 e. The zero-order chi connectivity index (χ0) is 13.2. The van der Waals surface area contributed by atoms with Crippen molar-refractivity contribution in [3.8, 4) is 6.07 Å². The molecule has 4 nitrogen and oxygen atoms in total. The van der Waals surface area contributed by atoms with E-state index in [9.17, 15) is 18.0 Å². The number of amides is 1. The van der Waals surface area contributed by atoms with E-state index in [1.807, 2.05) is 0 Å². The highest BCUT2D eigenvalue weighted by Crippen LogP contribution is 2.32. The summed E-state index contributed by atoms with van der Waals surface area (Å²) in [5.74, 6) is -2.49. The molecular weight excluding hydrogens is 259 g/mol. The van der Waals surface area contributed by atoms with E-state index in [1.54, 1.807) is 0 Å². The Labute approximate surface area is 98.8 Å². The van der Waals surface area contributed by atoms with Crippen molar-refractivity contribution in [1.29, 1.82) is 5.26 Å². The summed E-state index contributed by atoms with van der Waals surface area (Å²) < 4.78 is 36.9. The maximum absolute atomic E-state index is 12.3. The Morgan fingerprint density at radius 3 is 2.53 bits per heavy atom. The normalized spacial score (nSPS) is 12.9. The van der Waals surface area contributed by atoms with Gasteiger partial charge in [-0.1, -0.05) is 11.6 Å². The second-order valence-corrected chi connectivity index (χ2v) is 3.46. The molecule has 0 bridgehead atoms. The first-order valence-electron chi connectivity index (χ1n) is 4.19. The fraction of sp³-hybridized carbons (Fsp3) is 0.222. The van der Waals surface area contributed by atoms with Gasteiger partial charge >= 0.3 is 6.18 Å². The van der Waals surface area contributed by atoms with E-state index in [0.717, 1.165) is 0 Å². The van der Waals surface area contributed by atoms with Crippen LogP contribution < -0.4 is 5.73 Å². The number of hydrogen-bond donors (Lipinski definition) is 1. The Hall–Kier alpha value is -1.81. The summed E-state index contributed by atoms with van der Waals surface area (Å²) in [6.07, 6.45) is -4.10. The van der Waals surface area contributed by atoms with Crippen LogP contribution in [0.15, 0.2) is 12.3 Å². The number of nitrogens with zero attached hydrogens (tertiary/aromatic N) is 2. The van der Waals surface area contributed by atoms with Crippen LogP contribution >= 0.6 is 11.6 Å². The molecule has 0 radical (unpaired) electrons. The summed E-state index contributed by atoms with van der Waals surface area (Å²) in [4.78, 5) is 14.2. The maximum atomic E-state index is 12.3. The fourth-order valence-electron chi connectivity index (χ4n) is 1.08. The van der Waals surface area contributed by atoms with Crippen molar-refractivity contribution in [2.45, 2.75) is 12.1 Å². The zero-order valence-electron chi connectivity index (χ0n) is 8.12. The van der Waals surface area contributed by atoms with Gasteiger partial charge < -0.3 is 5.73 Å². The number of hydrogen-bond acceptors (Lipinski definition) is 3. The van der Waals surface area contributed by atoms with Crippen LogP contribution in [0.5, 0.6) is 0 Å². The topological polar surface area (TPSA) is 79.8 Å². The number of carbonyl (C=O) groups excluding carboxylic acids is 1. The number of aromatic nitrogens is 1. The number of carbonyl (C=O) groups is 1. The summed E-state index contributed by atoms with van der Waals surface area (Å²) in [6, 6.07) is 2.11. The lowest BCUT2D eigenvalue weighted by Crippen LogP contribution is -2.21. The molecule has 1 atom stereocenters. The Bertz CT molecular complexity index is 495. The third-order valence-electron chi connectivity index (χ3n) is 1.88. The molecule has 0 aliphatic heterocycles. The lowest BCUT2D eigenvalue weighted by Gasteiger charge is -2.10. The summed E-state index contributed by atoms with van der Waals surface area (Å²) in [6.45, 7) is 0. The zero-order valence-corrected chi connectivity index (χ0v) is 8.88. The molecule has 1 unspecified atom stereocenters. The van der Waals surface area contributed by atoms with Gasteiger partial charge in [0.1, 0.15) is 0 Å². The van der Waals surface area contributed by atoms with E-state index >= 15 is 0 Å². The SMILES string of the molecule is N#CC(C(N)=O)c1ncc(C(F)(F)F)cc1Cl. The molecule has 17 heavy (non-hydrogen) atoms. The first-order valence-corrected chi connectivity index (χ1v) is 4.56. The predicted octanol–water partition coefficient (Wildman–Crippen LogP) is 1.85. The second kappa shape index (κ2) is 4.59. The van der Waals surface area contributed by atoms with Crippen molar-refractivity contribution >= 4 is 17.5 Å². The monoisotopic (exact) mass is 263 g/mol. The first kappa shape index (κ1) is 13.3. The maximum Gasteiger partial charge on any atom is 0.417 e. The van der Waals surface area contributed by atoms with Crippen LogP contribution in [0.25, 0.3) is 0 Å². The van der Waals surface area contributed by atoms with Crippen LogP contribution in [0.4, 0.5) is 13.2 Å². The number of halogens is 4. The van der Waals surface area contributed by atoms with E-state index in [0.29, 0.717) is 12.3 Å². The minimum Gasteiger partial charge on any atom is -0.368 e. The van der Waals surface area contributed by atoms with E-state index in [2.05, 4.69) is 4.98 Å². The number of pyridine rings is 1. The summed E-state index contributed by atoms with van der Waals surface area (Å²) in [5.41, 5.74) is 3.54. The number of nitrogens with two attached hydrogens (primary N) is 1. The van der Waals surface area contributed by atoms with Gasteiger partial charge in [-0.3, -0.25) is 9.78 Å². The number of rotatable bonds is 2. The third-order valence-corrected chi connectivity index (χ3v) is 2.19. The molecule has 2 N–H and O–H groups in total. The number of primary amides is 1. The van der Waals surface area contributed by atoms with Gasteiger partial charge in [-0.15, -0.1) is 0 Å². The Kier molecular flexibility index (Phi) is 3.58. The predicted molar refractivity (Wildman–Crippen MR) is 51.8 cm³/mol. The molecule has 0 fully saturated rings. The van der Waals surface area contributed by atoms with Crippen LogP contribution in [0, 0.1) is 11.3 Å². The number of nitriles is 1. The van der Waals surface area contributed by atoms with Crippen LogP contribution in [0.2, 0.25) is 5.02 Å². The van der Waals surface area contributed by atoms with Crippen molar-refractivity contribution in [3.05, 3.63) is 28.5 Å². The van der Waals surface area contributed by atoms with Gasteiger partial charge in [-0.05, 0) is 6.07 Å². The molecule has 0 saturated carbocycles. The van der Waals surface area contributed by atoms with Gasteiger partial charge in [0.25, 0.3) is 0 Å². The smallest absolute Gasteiger partial charge is 0.368 e. The van der Waals surface area contributed by atoms with Gasteiger partial charge in [0, 0.05) is 6.20 Å². The van der Waals surface area contributed by atoms with Crippen molar-refractivity contribution in [2.24, 2.45) is 5.73 Å². The molecule has 8 heteroatoms. The quantitative estimate of drug-likeness (QED) is 0.884. The Morgan fingerprint density at radius 1 is 1.59 bits per heavy atom. The first-order chi connectivity index (χ1) is 7.77. The van der Waals surface area contributed by atoms with E-state index in [-0.39, 0.29) is 5.69 Å². The van der Waals surface area contributed by atoms with E-state index in [4.69, 9.17) is 22.6 Å². The van der Waals surface area contributed by atoms with Gasteiger partial charge in [0.15, 0.2) is 5.92 Å². The molecule has 0 saturated heterocycles. The van der Waals surface area contributed by atoms with Gasteiger partial charge in [-0.2, -0.15) is 18.4 Å². The Balaban J connectivity index is 3.24. The van der Waals surface area contributed by atoms with Crippen molar-refractivity contribution in [1.82, 2.24) is 4.98 Å². The average Bonchev–Trinajstić information content (AvgIpc) is 2.19. The summed E-state index contributed by atoms with van der Waals surface area (Å²) in [5, 5.41) is 8.21. The van der Waals surface area contributed by atoms with Crippen LogP contribution in [-0.4, -0.2) is 10.9 Å². The molecule has 0 aliphatic rings. The van der Waals surface area contributed by atoms with Gasteiger partial charge in [0.2, 0.25) is 5.91 Å². The molecule has 90 valence electrons. The summed E-state index contributed by atoms with van der Waals surface area (Å²) in [7, 11) is 0. The molecule has 1 aromatic rings.